The van der Waals surface area contributed by atoms with Gasteiger partial charge in [0.25, 0.3) is 5.91 Å². The Hall–Kier alpha value is -3.51. The summed E-state index contributed by atoms with van der Waals surface area (Å²) in [5, 5.41) is 12.9. The van der Waals surface area contributed by atoms with Crippen molar-refractivity contribution >= 4 is 16.8 Å². The van der Waals surface area contributed by atoms with Gasteiger partial charge in [-0.25, -0.2) is 0 Å². The smallest absolute Gasteiger partial charge is 0.406 e. The molecule has 2 aromatic carbocycles. The number of nitrogens with one attached hydrogen (secondary N) is 1. The van der Waals surface area contributed by atoms with Gasteiger partial charge in [0.2, 0.25) is 0 Å². The first-order valence-electron chi connectivity index (χ1n) is 11.3. The molecule has 1 heterocycles. The van der Waals surface area contributed by atoms with E-state index in [4.69, 9.17) is 4.74 Å². The van der Waals surface area contributed by atoms with Crippen LogP contribution in [0.5, 0.6) is 5.75 Å². The van der Waals surface area contributed by atoms with Gasteiger partial charge in [0.05, 0.1) is 11.6 Å². The summed E-state index contributed by atoms with van der Waals surface area (Å²) in [6, 6.07) is 14.5. The molecule has 0 atom stereocenters. The number of carbonyl (C=O) groups excluding carboxylic acids is 1. The van der Waals surface area contributed by atoms with Crippen LogP contribution in [0.25, 0.3) is 10.9 Å². The Balaban J connectivity index is 1.90. The number of fused-ring (bicyclic) bond motifs is 1. The highest BCUT2D eigenvalue weighted by molar-refractivity contribution is 5.99. The number of nitriles is 1. The number of amides is 1. The summed E-state index contributed by atoms with van der Waals surface area (Å²) in [4.78, 5) is 13.2. The second-order valence-corrected chi connectivity index (χ2v) is 8.99. The van der Waals surface area contributed by atoms with E-state index in [0.717, 1.165) is 6.42 Å². The third-order valence-corrected chi connectivity index (χ3v) is 5.59. The number of alkyl halides is 3. The number of aromatic nitrogens is 1. The van der Waals surface area contributed by atoms with Gasteiger partial charge < -0.3 is 19.4 Å². The highest BCUT2D eigenvalue weighted by Crippen LogP contribution is 2.27. The topological polar surface area (TPSA) is 76.3 Å². The van der Waals surface area contributed by atoms with Crippen LogP contribution in [0.4, 0.5) is 13.2 Å². The lowest BCUT2D eigenvalue weighted by Crippen LogP contribution is -2.35. The molecule has 186 valence electrons. The van der Waals surface area contributed by atoms with Crippen LogP contribution in [0.1, 0.15) is 48.8 Å². The fourth-order valence-corrected chi connectivity index (χ4v) is 3.71. The third kappa shape index (κ3) is 7.23. The highest BCUT2D eigenvalue weighted by Gasteiger charge is 2.31. The molecule has 0 aliphatic carbocycles. The van der Waals surface area contributed by atoms with Gasteiger partial charge in [-0.1, -0.05) is 26.0 Å². The predicted molar refractivity (Wildman–Crippen MR) is 126 cm³/mol. The highest BCUT2D eigenvalue weighted by atomic mass is 19.4. The standard InChI is InChI=1S/C26H28F3N3O3/c1-4-34-11-10-25(2,3)17-31-24(33)23-14-20-12-18(15-30)8-9-22(20)32(23)16-19-6-5-7-21(13-19)35-26(27,28)29/h5-9,12-14H,4,10-11,16-17H2,1-3H3,(H,31,33). The Morgan fingerprint density at radius 1 is 1.14 bits per heavy atom. The molecule has 1 N–H and O–H groups in total. The van der Waals surface area contributed by atoms with Crippen LogP contribution in [-0.2, 0) is 11.3 Å². The molecule has 0 radical (unpaired) electrons. The summed E-state index contributed by atoms with van der Waals surface area (Å²) in [6.07, 6.45) is -4.03. The van der Waals surface area contributed by atoms with Crippen LogP contribution in [0, 0.1) is 16.7 Å². The maximum absolute atomic E-state index is 13.2. The zero-order valence-corrected chi connectivity index (χ0v) is 19.9. The number of rotatable bonds is 10. The van der Waals surface area contributed by atoms with Crippen molar-refractivity contribution in [1.29, 1.82) is 5.26 Å². The quantitative estimate of drug-likeness (QED) is 0.376. The summed E-state index contributed by atoms with van der Waals surface area (Å²) in [6.45, 7) is 7.77. The van der Waals surface area contributed by atoms with Crippen LogP contribution in [-0.4, -0.2) is 36.6 Å². The SMILES string of the molecule is CCOCCC(C)(C)CNC(=O)c1cc2cc(C#N)ccc2n1Cc1cccc(OC(F)(F)F)c1. The number of nitrogens with zero attached hydrogens (tertiary/aromatic N) is 2. The molecule has 0 saturated heterocycles. The van der Waals surface area contributed by atoms with Crippen molar-refractivity contribution in [1.82, 2.24) is 9.88 Å². The molecule has 1 amide bonds. The van der Waals surface area contributed by atoms with Gasteiger partial charge in [-0.2, -0.15) is 5.26 Å². The van der Waals surface area contributed by atoms with Gasteiger partial charge in [0.15, 0.2) is 0 Å². The molecular formula is C26H28F3N3O3. The maximum atomic E-state index is 13.2. The number of hydrogen-bond donors (Lipinski definition) is 1. The van der Waals surface area contributed by atoms with E-state index in [2.05, 4.69) is 16.1 Å². The third-order valence-electron chi connectivity index (χ3n) is 5.59. The molecule has 0 unspecified atom stereocenters. The fraction of sp³-hybridized carbons (Fsp3) is 0.385. The molecule has 6 nitrogen and oxygen atoms in total. The summed E-state index contributed by atoms with van der Waals surface area (Å²) < 4.78 is 49.2. The van der Waals surface area contributed by atoms with Crippen LogP contribution in [0.2, 0.25) is 0 Å². The summed E-state index contributed by atoms with van der Waals surface area (Å²) in [7, 11) is 0. The lowest BCUT2D eigenvalue weighted by Gasteiger charge is -2.25. The maximum Gasteiger partial charge on any atom is 0.573 e. The molecular weight excluding hydrogens is 459 g/mol. The fourth-order valence-electron chi connectivity index (χ4n) is 3.71. The number of ether oxygens (including phenoxy) is 2. The normalized spacial score (nSPS) is 11.9. The molecule has 9 heteroatoms. The Bertz CT molecular complexity index is 1230. The Kier molecular flexibility index (Phi) is 8.07. The van der Waals surface area contributed by atoms with Crippen LogP contribution >= 0.6 is 0 Å². The Morgan fingerprint density at radius 3 is 2.60 bits per heavy atom. The van der Waals surface area contributed by atoms with E-state index in [1.54, 1.807) is 34.9 Å². The summed E-state index contributed by atoms with van der Waals surface area (Å²) in [5.41, 5.74) is 1.81. The molecule has 3 rings (SSSR count). The first-order chi connectivity index (χ1) is 16.5. The Morgan fingerprint density at radius 2 is 1.91 bits per heavy atom. The van der Waals surface area contributed by atoms with E-state index < -0.39 is 6.36 Å². The molecule has 35 heavy (non-hydrogen) atoms. The average molecular weight is 488 g/mol. The molecule has 1 aromatic heterocycles. The van der Waals surface area contributed by atoms with Crippen molar-refractivity contribution < 1.29 is 27.4 Å². The monoisotopic (exact) mass is 487 g/mol. The molecule has 0 fully saturated rings. The average Bonchev–Trinajstić information content (AvgIpc) is 3.14. The minimum absolute atomic E-state index is 0.140. The van der Waals surface area contributed by atoms with Gasteiger partial charge in [-0.3, -0.25) is 4.79 Å². The molecule has 0 aliphatic rings. The summed E-state index contributed by atoms with van der Waals surface area (Å²) >= 11 is 0. The van der Waals surface area contributed by atoms with Crippen molar-refractivity contribution in [3.8, 4) is 11.8 Å². The van der Waals surface area contributed by atoms with Crippen molar-refractivity contribution in [2.45, 2.75) is 40.1 Å². The summed E-state index contributed by atoms with van der Waals surface area (Å²) in [5.74, 6) is -0.646. The zero-order valence-electron chi connectivity index (χ0n) is 19.9. The lowest BCUT2D eigenvalue weighted by molar-refractivity contribution is -0.274. The second-order valence-electron chi connectivity index (χ2n) is 8.99. The number of carbonyl (C=O) groups is 1. The largest absolute Gasteiger partial charge is 0.573 e. The molecule has 0 spiro atoms. The molecule has 0 aliphatic heterocycles. The minimum atomic E-state index is -4.80. The number of hydrogen-bond acceptors (Lipinski definition) is 4. The van der Waals surface area contributed by atoms with E-state index in [0.29, 0.717) is 47.5 Å². The first kappa shape index (κ1) is 26.1. The molecule has 0 bridgehead atoms. The van der Waals surface area contributed by atoms with Crippen LogP contribution in [0.3, 0.4) is 0 Å². The van der Waals surface area contributed by atoms with E-state index in [1.807, 2.05) is 20.8 Å². The van der Waals surface area contributed by atoms with Crippen molar-refractivity contribution in [2.75, 3.05) is 19.8 Å². The van der Waals surface area contributed by atoms with Gasteiger partial charge in [-0.05, 0) is 60.7 Å². The van der Waals surface area contributed by atoms with Gasteiger partial charge >= 0.3 is 6.36 Å². The van der Waals surface area contributed by atoms with Gasteiger partial charge in [0, 0.05) is 37.2 Å². The van der Waals surface area contributed by atoms with Crippen LogP contribution < -0.4 is 10.1 Å². The Labute approximate surface area is 202 Å². The second kappa shape index (κ2) is 10.8. The van der Waals surface area contributed by atoms with E-state index in [1.165, 1.54) is 18.2 Å². The van der Waals surface area contributed by atoms with Crippen LogP contribution in [0.15, 0.2) is 48.5 Å². The number of benzene rings is 2. The van der Waals surface area contributed by atoms with E-state index >= 15 is 0 Å². The van der Waals surface area contributed by atoms with Crippen molar-refractivity contribution in [3.63, 3.8) is 0 Å². The predicted octanol–water partition coefficient (Wildman–Crippen LogP) is 5.64. The van der Waals surface area contributed by atoms with Gasteiger partial charge in [0.1, 0.15) is 11.4 Å². The first-order valence-corrected chi connectivity index (χ1v) is 11.3. The van der Waals surface area contributed by atoms with Crippen molar-refractivity contribution in [2.24, 2.45) is 5.41 Å². The zero-order chi connectivity index (χ0) is 25.6. The van der Waals surface area contributed by atoms with Gasteiger partial charge in [-0.15, -0.1) is 13.2 Å². The van der Waals surface area contributed by atoms with E-state index in [-0.39, 0.29) is 23.6 Å². The minimum Gasteiger partial charge on any atom is -0.406 e. The lowest BCUT2D eigenvalue weighted by atomic mass is 9.89. The number of halogens is 3. The molecule has 0 saturated carbocycles. The van der Waals surface area contributed by atoms with Crippen molar-refractivity contribution in [3.05, 3.63) is 65.4 Å². The van der Waals surface area contributed by atoms with E-state index in [9.17, 15) is 23.2 Å². The molecule has 3 aromatic rings.